The molecule has 4 nitrogen and oxygen atoms in total. The zero-order chi connectivity index (χ0) is 13.1. The van der Waals surface area contributed by atoms with Crippen LogP contribution in [0, 0.1) is 18.8 Å². The molecule has 3 N–H and O–H groups in total. The summed E-state index contributed by atoms with van der Waals surface area (Å²) < 4.78 is 26.1. The standard InChI is InChI=1S/C11H13ClN2O2S/c1-3-4-5-14-17(15,16)11-7-10(13)8(2)6-9(11)12/h6-7,14H,5,13H2,1-2H3. The van der Waals surface area contributed by atoms with E-state index < -0.39 is 10.0 Å². The predicted octanol–water partition coefficient (Wildman–Crippen LogP) is 1.53. The average Bonchev–Trinajstić information content (AvgIpc) is 2.23. The van der Waals surface area contributed by atoms with Gasteiger partial charge in [-0.15, -0.1) is 5.92 Å². The largest absolute Gasteiger partial charge is 0.398 e. The van der Waals surface area contributed by atoms with Gasteiger partial charge in [-0.2, -0.15) is 4.72 Å². The third-order valence-corrected chi connectivity index (χ3v) is 4.00. The van der Waals surface area contributed by atoms with Crippen molar-refractivity contribution in [1.82, 2.24) is 4.72 Å². The number of nitrogen functional groups attached to an aromatic ring is 1. The van der Waals surface area contributed by atoms with E-state index in [9.17, 15) is 8.42 Å². The van der Waals surface area contributed by atoms with Crippen molar-refractivity contribution in [2.24, 2.45) is 0 Å². The van der Waals surface area contributed by atoms with Crippen molar-refractivity contribution in [2.45, 2.75) is 18.7 Å². The predicted molar refractivity (Wildman–Crippen MR) is 69.2 cm³/mol. The quantitative estimate of drug-likeness (QED) is 0.647. The molecule has 0 aliphatic heterocycles. The number of hydrogen-bond donors (Lipinski definition) is 2. The van der Waals surface area contributed by atoms with E-state index in [4.69, 9.17) is 17.3 Å². The van der Waals surface area contributed by atoms with Gasteiger partial charge in [-0.25, -0.2) is 8.42 Å². The Bertz CT molecular complexity index is 585. The highest BCUT2D eigenvalue weighted by molar-refractivity contribution is 7.89. The molecule has 0 spiro atoms. The molecule has 0 heterocycles. The van der Waals surface area contributed by atoms with E-state index in [1.54, 1.807) is 13.8 Å². The number of benzene rings is 1. The van der Waals surface area contributed by atoms with Crippen LogP contribution in [0.1, 0.15) is 12.5 Å². The van der Waals surface area contributed by atoms with Crippen LogP contribution in [0.15, 0.2) is 17.0 Å². The SMILES string of the molecule is CC#CCNS(=O)(=O)c1cc(N)c(C)cc1Cl. The van der Waals surface area contributed by atoms with E-state index in [1.807, 2.05) is 0 Å². The summed E-state index contributed by atoms with van der Waals surface area (Å²) in [6.07, 6.45) is 0. The van der Waals surface area contributed by atoms with Crippen molar-refractivity contribution < 1.29 is 8.42 Å². The molecule has 92 valence electrons. The maximum absolute atomic E-state index is 11.9. The lowest BCUT2D eigenvalue weighted by atomic mass is 10.2. The average molecular weight is 273 g/mol. The molecule has 0 amide bonds. The van der Waals surface area contributed by atoms with E-state index in [1.165, 1.54) is 12.1 Å². The second-order valence-electron chi connectivity index (χ2n) is 3.39. The second-order valence-corrected chi connectivity index (χ2v) is 5.53. The van der Waals surface area contributed by atoms with Crippen molar-refractivity contribution in [3.8, 4) is 11.8 Å². The molecule has 6 heteroatoms. The molecule has 0 saturated carbocycles. The Morgan fingerprint density at radius 3 is 2.71 bits per heavy atom. The van der Waals surface area contributed by atoms with Gasteiger partial charge >= 0.3 is 0 Å². The van der Waals surface area contributed by atoms with Gasteiger partial charge in [0.2, 0.25) is 10.0 Å². The molecule has 0 aliphatic carbocycles. The van der Waals surface area contributed by atoms with Crippen molar-refractivity contribution in [2.75, 3.05) is 12.3 Å². The number of rotatable bonds is 3. The summed E-state index contributed by atoms with van der Waals surface area (Å²) in [5.74, 6) is 5.20. The first-order valence-corrected chi connectivity index (χ1v) is 6.69. The van der Waals surface area contributed by atoms with Gasteiger partial charge in [0, 0.05) is 5.69 Å². The van der Waals surface area contributed by atoms with Crippen LogP contribution in [0.5, 0.6) is 0 Å². The molecule has 0 fully saturated rings. The van der Waals surface area contributed by atoms with Crippen LogP contribution in [-0.2, 0) is 10.0 Å². The van der Waals surface area contributed by atoms with Crippen LogP contribution >= 0.6 is 11.6 Å². The summed E-state index contributed by atoms with van der Waals surface area (Å²) in [6.45, 7) is 3.43. The van der Waals surface area contributed by atoms with E-state index >= 15 is 0 Å². The fourth-order valence-electron chi connectivity index (χ4n) is 1.17. The topological polar surface area (TPSA) is 72.2 Å². The normalized spacial score (nSPS) is 10.8. The molecule has 1 aromatic rings. The number of sulfonamides is 1. The molecule has 17 heavy (non-hydrogen) atoms. The number of hydrogen-bond acceptors (Lipinski definition) is 3. The first-order valence-electron chi connectivity index (χ1n) is 4.83. The van der Waals surface area contributed by atoms with E-state index in [0.29, 0.717) is 5.69 Å². The lowest BCUT2D eigenvalue weighted by Gasteiger charge is -2.09. The molecule has 0 saturated heterocycles. The minimum atomic E-state index is -3.67. The van der Waals surface area contributed by atoms with Gasteiger partial charge in [-0.05, 0) is 31.5 Å². The van der Waals surface area contributed by atoms with Gasteiger partial charge in [0.1, 0.15) is 4.90 Å². The highest BCUT2D eigenvalue weighted by atomic mass is 35.5. The number of anilines is 1. The maximum atomic E-state index is 11.9. The Labute approximate surface area is 106 Å². The minimum Gasteiger partial charge on any atom is -0.398 e. The highest BCUT2D eigenvalue weighted by Gasteiger charge is 2.18. The Balaban J connectivity index is 3.14. The van der Waals surface area contributed by atoms with Crippen LogP contribution in [-0.4, -0.2) is 15.0 Å². The van der Waals surface area contributed by atoms with Gasteiger partial charge < -0.3 is 5.73 Å². The monoisotopic (exact) mass is 272 g/mol. The summed E-state index contributed by atoms with van der Waals surface area (Å²) in [5, 5.41) is 0.147. The van der Waals surface area contributed by atoms with Crippen LogP contribution < -0.4 is 10.5 Å². The second kappa shape index (κ2) is 5.41. The van der Waals surface area contributed by atoms with Gasteiger partial charge in [-0.1, -0.05) is 17.5 Å². The fraction of sp³-hybridized carbons (Fsp3) is 0.273. The molecule has 0 unspecified atom stereocenters. The van der Waals surface area contributed by atoms with Gasteiger partial charge in [0.05, 0.1) is 11.6 Å². The number of halogens is 1. The summed E-state index contributed by atoms with van der Waals surface area (Å²) in [6, 6.07) is 2.87. The van der Waals surface area contributed by atoms with Gasteiger partial charge in [0.25, 0.3) is 0 Å². The van der Waals surface area contributed by atoms with Crippen molar-refractivity contribution in [3.05, 3.63) is 22.7 Å². The van der Waals surface area contributed by atoms with Crippen LogP contribution in [0.2, 0.25) is 5.02 Å². The smallest absolute Gasteiger partial charge is 0.242 e. The number of aryl methyl sites for hydroxylation is 1. The third-order valence-electron chi connectivity index (χ3n) is 2.14. The van der Waals surface area contributed by atoms with E-state index in [0.717, 1.165) is 5.56 Å². The van der Waals surface area contributed by atoms with Gasteiger partial charge in [-0.3, -0.25) is 0 Å². The van der Waals surface area contributed by atoms with E-state index in [2.05, 4.69) is 16.6 Å². The zero-order valence-electron chi connectivity index (χ0n) is 9.54. The summed E-state index contributed by atoms with van der Waals surface area (Å²) >= 11 is 5.89. The minimum absolute atomic E-state index is 0.0276. The molecular formula is C11H13ClN2O2S. The first kappa shape index (κ1) is 13.8. The molecule has 0 radical (unpaired) electrons. The van der Waals surface area contributed by atoms with Crippen molar-refractivity contribution in [3.63, 3.8) is 0 Å². The Kier molecular flexibility index (Phi) is 4.40. The Hall–Kier alpha value is -1.22. The molecule has 0 bridgehead atoms. The fourth-order valence-corrected chi connectivity index (χ4v) is 2.71. The summed E-state index contributed by atoms with van der Waals surface area (Å²) in [4.78, 5) is -0.0276. The third kappa shape index (κ3) is 3.37. The molecule has 0 aliphatic rings. The summed E-state index contributed by atoms with van der Waals surface area (Å²) in [5.41, 5.74) is 6.79. The van der Waals surface area contributed by atoms with Crippen LogP contribution in [0.3, 0.4) is 0 Å². The highest BCUT2D eigenvalue weighted by Crippen LogP contribution is 2.26. The van der Waals surface area contributed by atoms with E-state index in [-0.39, 0.29) is 16.5 Å². The first-order chi connectivity index (χ1) is 7.88. The molecule has 0 atom stereocenters. The van der Waals surface area contributed by atoms with Gasteiger partial charge in [0.15, 0.2) is 0 Å². The van der Waals surface area contributed by atoms with Crippen molar-refractivity contribution >= 4 is 27.3 Å². The Morgan fingerprint density at radius 1 is 1.47 bits per heavy atom. The number of nitrogens with two attached hydrogens (primary N) is 1. The number of nitrogens with one attached hydrogen (secondary N) is 1. The lowest BCUT2D eigenvalue weighted by Crippen LogP contribution is -2.24. The Morgan fingerprint density at radius 2 is 2.12 bits per heavy atom. The maximum Gasteiger partial charge on any atom is 0.242 e. The molecule has 0 aromatic heterocycles. The zero-order valence-corrected chi connectivity index (χ0v) is 11.1. The lowest BCUT2D eigenvalue weighted by molar-refractivity contribution is 0.586. The van der Waals surface area contributed by atoms with Crippen LogP contribution in [0.4, 0.5) is 5.69 Å². The van der Waals surface area contributed by atoms with Crippen LogP contribution in [0.25, 0.3) is 0 Å². The van der Waals surface area contributed by atoms with Crippen molar-refractivity contribution in [1.29, 1.82) is 0 Å². The molecule has 1 rings (SSSR count). The molecular weight excluding hydrogens is 260 g/mol. The summed E-state index contributed by atoms with van der Waals surface area (Å²) in [7, 11) is -3.67. The molecule has 1 aromatic carbocycles.